The molecule has 1 rings (SSSR count). The summed E-state index contributed by atoms with van der Waals surface area (Å²) in [6, 6.07) is 3.82. The highest BCUT2D eigenvalue weighted by Crippen LogP contribution is 2.32. The minimum Gasteiger partial charge on any atom is -0.405 e. The summed E-state index contributed by atoms with van der Waals surface area (Å²) >= 11 is 2.95. The first kappa shape index (κ1) is 14.8. The van der Waals surface area contributed by atoms with Gasteiger partial charge in [-0.05, 0) is 34.1 Å². The maximum absolute atomic E-state index is 12.0. The molecule has 0 bridgehead atoms. The standard InChI is InChI=1S/C11H11BrF3NO2/c1-6(2)10(17)16-7-3-4-9(8(12)5-7)18-11(13,14)15/h3-6H,1-2H3,(H,16,17). The molecular formula is C11H11BrF3NO2. The number of hydrogen-bond acceptors (Lipinski definition) is 2. The number of hydrogen-bond donors (Lipinski definition) is 1. The first-order chi connectivity index (χ1) is 8.19. The molecule has 0 aliphatic rings. The average Bonchev–Trinajstić information content (AvgIpc) is 2.20. The maximum Gasteiger partial charge on any atom is 0.573 e. The molecule has 0 aromatic heterocycles. The molecular weight excluding hydrogens is 315 g/mol. The number of rotatable bonds is 3. The lowest BCUT2D eigenvalue weighted by Crippen LogP contribution is -2.19. The first-order valence-corrected chi connectivity index (χ1v) is 5.84. The molecule has 1 aromatic rings. The first-order valence-electron chi connectivity index (χ1n) is 5.05. The molecule has 0 fully saturated rings. The number of benzene rings is 1. The molecule has 1 N–H and O–H groups in total. The predicted molar refractivity (Wildman–Crippen MR) is 64.3 cm³/mol. The van der Waals surface area contributed by atoms with Crippen LogP contribution in [0, 0.1) is 5.92 Å². The Hall–Kier alpha value is -1.24. The van der Waals surface area contributed by atoms with E-state index in [-0.39, 0.29) is 22.0 Å². The summed E-state index contributed by atoms with van der Waals surface area (Å²) in [6.45, 7) is 3.43. The lowest BCUT2D eigenvalue weighted by atomic mass is 10.2. The molecule has 3 nitrogen and oxygen atoms in total. The van der Waals surface area contributed by atoms with Crippen LogP contribution >= 0.6 is 15.9 Å². The Bertz CT molecular complexity index is 446. The van der Waals surface area contributed by atoms with Crippen LogP contribution in [-0.4, -0.2) is 12.3 Å². The van der Waals surface area contributed by atoms with E-state index in [1.54, 1.807) is 13.8 Å². The Morgan fingerprint density at radius 2 is 2.00 bits per heavy atom. The summed E-state index contributed by atoms with van der Waals surface area (Å²) < 4.78 is 40.0. The van der Waals surface area contributed by atoms with Crippen LogP contribution in [0.25, 0.3) is 0 Å². The minimum atomic E-state index is -4.74. The predicted octanol–water partition coefficient (Wildman–Crippen LogP) is 3.94. The third kappa shape index (κ3) is 4.56. The number of nitrogens with one attached hydrogen (secondary N) is 1. The third-order valence-electron chi connectivity index (χ3n) is 1.95. The topological polar surface area (TPSA) is 38.3 Å². The normalized spacial score (nSPS) is 11.5. The van der Waals surface area contributed by atoms with Gasteiger partial charge in [0.15, 0.2) is 0 Å². The summed E-state index contributed by atoms with van der Waals surface area (Å²) in [6.07, 6.45) is -4.74. The molecule has 0 saturated carbocycles. The van der Waals surface area contributed by atoms with E-state index in [9.17, 15) is 18.0 Å². The third-order valence-corrected chi connectivity index (χ3v) is 2.57. The summed E-state index contributed by atoms with van der Waals surface area (Å²) in [5, 5.41) is 2.57. The zero-order valence-corrected chi connectivity index (χ0v) is 11.2. The Kier molecular flexibility index (Phi) is 4.61. The van der Waals surface area contributed by atoms with Crippen LogP contribution in [-0.2, 0) is 4.79 Å². The second kappa shape index (κ2) is 5.60. The van der Waals surface area contributed by atoms with Gasteiger partial charge in [0.25, 0.3) is 0 Å². The maximum atomic E-state index is 12.0. The van der Waals surface area contributed by atoms with Gasteiger partial charge in [0, 0.05) is 11.6 Å². The van der Waals surface area contributed by atoms with E-state index in [4.69, 9.17) is 0 Å². The van der Waals surface area contributed by atoms with Crippen molar-refractivity contribution in [3.05, 3.63) is 22.7 Å². The monoisotopic (exact) mass is 325 g/mol. The molecule has 0 heterocycles. The Labute approximate surface area is 110 Å². The number of carbonyl (C=O) groups is 1. The highest BCUT2D eigenvalue weighted by molar-refractivity contribution is 9.10. The lowest BCUT2D eigenvalue weighted by molar-refractivity contribution is -0.274. The molecule has 18 heavy (non-hydrogen) atoms. The van der Waals surface area contributed by atoms with Crippen LogP contribution in [0.5, 0.6) is 5.75 Å². The molecule has 0 aliphatic carbocycles. The fourth-order valence-electron chi connectivity index (χ4n) is 1.07. The number of alkyl halides is 3. The van der Waals surface area contributed by atoms with E-state index in [0.717, 1.165) is 6.07 Å². The molecule has 0 atom stereocenters. The molecule has 1 aromatic carbocycles. The van der Waals surface area contributed by atoms with Crippen molar-refractivity contribution in [2.75, 3.05) is 5.32 Å². The van der Waals surface area contributed by atoms with E-state index >= 15 is 0 Å². The van der Waals surface area contributed by atoms with Crippen LogP contribution < -0.4 is 10.1 Å². The van der Waals surface area contributed by atoms with Gasteiger partial charge >= 0.3 is 6.36 Å². The van der Waals surface area contributed by atoms with Gasteiger partial charge in [-0.3, -0.25) is 4.79 Å². The summed E-state index contributed by atoms with van der Waals surface area (Å²) in [4.78, 5) is 11.4. The second-order valence-corrected chi connectivity index (χ2v) is 4.69. The van der Waals surface area contributed by atoms with Gasteiger partial charge in [-0.25, -0.2) is 0 Å². The van der Waals surface area contributed by atoms with Gasteiger partial charge in [0.1, 0.15) is 5.75 Å². The van der Waals surface area contributed by atoms with Crippen molar-refractivity contribution in [1.29, 1.82) is 0 Å². The van der Waals surface area contributed by atoms with Crippen molar-refractivity contribution in [2.24, 2.45) is 5.92 Å². The van der Waals surface area contributed by atoms with Crippen molar-refractivity contribution in [1.82, 2.24) is 0 Å². The largest absolute Gasteiger partial charge is 0.573 e. The minimum absolute atomic E-state index is 0.112. The van der Waals surface area contributed by atoms with Crippen LogP contribution in [0.3, 0.4) is 0 Å². The van der Waals surface area contributed by atoms with E-state index < -0.39 is 6.36 Å². The number of carbonyl (C=O) groups excluding carboxylic acids is 1. The molecule has 0 saturated heterocycles. The van der Waals surface area contributed by atoms with Crippen LogP contribution in [0.2, 0.25) is 0 Å². The average molecular weight is 326 g/mol. The Balaban J connectivity index is 2.83. The van der Waals surface area contributed by atoms with Gasteiger partial charge in [0.2, 0.25) is 5.91 Å². The van der Waals surface area contributed by atoms with E-state index in [2.05, 4.69) is 26.0 Å². The van der Waals surface area contributed by atoms with Crippen molar-refractivity contribution in [3.63, 3.8) is 0 Å². The van der Waals surface area contributed by atoms with E-state index in [1.807, 2.05) is 0 Å². The quantitative estimate of drug-likeness (QED) is 0.914. The number of halogens is 4. The molecule has 0 unspecified atom stereocenters. The van der Waals surface area contributed by atoms with Gasteiger partial charge in [-0.1, -0.05) is 13.8 Å². The lowest BCUT2D eigenvalue weighted by Gasteiger charge is -2.12. The molecule has 100 valence electrons. The van der Waals surface area contributed by atoms with Crippen LogP contribution in [0.1, 0.15) is 13.8 Å². The summed E-state index contributed by atoms with van der Waals surface area (Å²) in [7, 11) is 0. The van der Waals surface area contributed by atoms with Crippen molar-refractivity contribution < 1.29 is 22.7 Å². The van der Waals surface area contributed by atoms with Gasteiger partial charge < -0.3 is 10.1 Å². The van der Waals surface area contributed by atoms with E-state index in [0.29, 0.717) is 5.69 Å². The number of anilines is 1. The number of amides is 1. The highest BCUT2D eigenvalue weighted by Gasteiger charge is 2.31. The van der Waals surface area contributed by atoms with Gasteiger partial charge in [0.05, 0.1) is 4.47 Å². The van der Waals surface area contributed by atoms with Crippen molar-refractivity contribution >= 4 is 27.5 Å². The smallest absolute Gasteiger partial charge is 0.405 e. The highest BCUT2D eigenvalue weighted by atomic mass is 79.9. The zero-order chi connectivity index (χ0) is 13.9. The summed E-state index contributed by atoms with van der Waals surface area (Å²) in [5.41, 5.74) is 0.398. The zero-order valence-electron chi connectivity index (χ0n) is 9.64. The van der Waals surface area contributed by atoms with Crippen LogP contribution in [0.15, 0.2) is 22.7 Å². The second-order valence-electron chi connectivity index (χ2n) is 3.84. The van der Waals surface area contributed by atoms with Crippen molar-refractivity contribution in [3.8, 4) is 5.75 Å². The van der Waals surface area contributed by atoms with Crippen LogP contribution in [0.4, 0.5) is 18.9 Å². The molecule has 1 amide bonds. The SMILES string of the molecule is CC(C)C(=O)Nc1ccc(OC(F)(F)F)c(Br)c1. The molecule has 0 aliphatic heterocycles. The number of ether oxygens (including phenoxy) is 1. The van der Waals surface area contributed by atoms with Crippen molar-refractivity contribution in [2.45, 2.75) is 20.2 Å². The summed E-state index contributed by atoms with van der Waals surface area (Å²) in [5.74, 6) is -0.786. The molecule has 7 heteroatoms. The van der Waals surface area contributed by atoms with Gasteiger partial charge in [-0.15, -0.1) is 13.2 Å². The fourth-order valence-corrected chi connectivity index (χ4v) is 1.53. The van der Waals surface area contributed by atoms with E-state index in [1.165, 1.54) is 12.1 Å². The molecule has 0 radical (unpaired) electrons. The Morgan fingerprint density at radius 1 is 1.39 bits per heavy atom. The molecule has 0 spiro atoms. The fraction of sp³-hybridized carbons (Fsp3) is 0.364. The van der Waals surface area contributed by atoms with Gasteiger partial charge in [-0.2, -0.15) is 0 Å². The Morgan fingerprint density at radius 3 is 2.44 bits per heavy atom.